The average Bonchev–Trinajstić information content (AvgIpc) is 3.21. The van der Waals surface area contributed by atoms with Crippen LogP contribution in [0.25, 0.3) is 22.3 Å². The Labute approximate surface area is 324 Å². The fourth-order valence-corrected chi connectivity index (χ4v) is 7.83. The molecule has 13 heteroatoms. The molecular formula is C42H38ClN5O6S. The van der Waals surface area contributed by atoms with Crippen molar-refractivity contribution in [2.75, 3.05) is 49.5 Å². The number of nitro groups is 1. The van der Waals surface area contributed by atoms with Crippen molar-refractivity contribution in [1.82, 2.24) is 9.62 Å². The Bertz CT molecular complexity index is 2380. The molecule has 0 unspecified atom stereocenters. The van der Waals surface area contributed by atoms with Crippen LogP contribution in [0.5, 0.6) is 0 Å². The van der Waals surface area contributed by atoms with Gasteiger partial charge < -0.3 is 15.0 Å². The highest BCUT2D eigenvalue weighted by Crippen LogP contribution is 2.32. The topological polar surface area (TPSA) is 134 Å². The van der Waals surface area contributed by atoms with Crippen LogP contribution in [0, 0.1) is 10.1 Å². The largest absolute Gasteiger partial charge is 0.497 e. The molecule has 2 N–H and O–H groups in total. The molecule has 0 radical (unpaired) electrons. The third-order valence-corrected chi connectivity index (χ3v) is 11.2. The molecule has 1 saturated heterocycles. The van der Waals surface area contributed by atoms with Crippen molar-refractivity contribution in [3.05, 3.63) is 166 Å². The summed E-state index contributed by atoms with van der Waals surface area (Å²) >= 11 is 6.14. The van der Waals surface area contributed by atoms with Crippen LogP contribution in [0.3, 0.4) is 0 Å². The number of nitrogens with one attached hydrogen (secondary N) is 2. The number of benzene rings is 5. The van der Waals surface area contributed by atoms with Gasteiger partial charge in [-0.25, -0.2) is 13.1 Å². The average molecular weight is 776 g/mol. The minimum Gasteiger partial charge on any atom is -0.497 e. The summed E-state index contributed by atoms with van der Waals surface area (Å²) in [6.07, 6.45) is 5.10. The molecule has 7 rings (SSSR count). The quantitative estimate of drug-likeness (QED) is 0.0958. The fourth-order valence-electron chi connectivity index (χ4n) is 6.72. The first-order valence-corrected chi connectivity index (χ1v) is 19.6. The molecule has 1 fully saturated rings. The summed E-state index contributed by atoms with van der Waals surface area (Å²) in [4.78, 5) is 29.3. The summed E-state index contributed by atoms with van der Waals surface area (Å²) in [6.45, 7) is 4.61. The maximum atomic E-state index is 13.8. The summed E-state index contributed by atoms with van der Waals surface area (Å²) in [6, 6.07) is 34.4. The molecule has 5 aromatic rings. The van der Waals surface area contributed by atoms with Crippen molar-refractivity contribution in [1.29, 1.82) is 0 Å². The van der Waals surface area contributed by atoms with Gasteiger partial charge in [-0.05, 0) is 88.0 Å². The Morgan fingerprint density at radius 3 is 2.29 bits per heavy atom. The molecule has 55 heavy (non-hydrogen) atoms. The fraction of sp³-hybridized carbons (Fsp3) is 0.167. The molecule has 0 bridgehead atoms. The van der Waals surface area contributed by atoms with Gasteiger partial charge in [0.05, 0.1) is 16.1 Å². The lowest BCUT2D eigenvalue weighted by atomic mass is 9.98. The van der Waals surface area contributed by atoms with Gasteiger partial charge in [0.15, 0.2) is 0 Å². The van der Waals surface area contributed by atoms with Crippen LogP contribution in [-0.2, 0) is 21.3 Å². The second kappa shape index (κ2) is 16.6. The molecule has 280 valence electrons. The van der Waals surface area contributed by atoms with E-state index in [1.807, 2.05) is 78.9 Å². The van der Waals surface area contributed by atoms with Crippen molar-refractivity contribution < 1.29 is 22.9 Å². The number of hydrogen-bond acceptors (Lipinski definition) is 9. The molecule has 0 spiro atoms. The standard InChI is InChI=1S/C42H38ClN5O6S/c43-34-12-10-32(11-13-34)37-9-5-4-8-33(37)29-46-20-22-47(23-21-46)35-14-16-38(39(26-35)31-6-2-1-3-7-31)42(49)45-55(52,53)36-15-17-40(41(27-36)48(50)51)44-28-30-18-24-54-25-19-30/h1-19,24,26-27,44H,20-23,25,28-29H2,(H,45,49). The summed E-state index contributed by atoms with van der Waals surface area (Å²) in [5.41, 5.74) is 6.46. The van der Waals surface area contributed by atoms with E-state index in [1.165, 1.54) is 29.5 Å². The van der Waals surface area contributed by atoms with Gasteiger partial charge >= 0.3 is 0 Å². The van der Waals surface area contributed by atoms with Crippen LogP contribution in [0.1, 0.15) is 15.9 Å². The van der Waals surface area contributed by atoms with Gasteiger partial charge in [-0.1, -0.05) is 78.3 Å². The Morgan fingerprint density at radius 1 is 0.836 bits per heavy atom. The highest BCUT2D eigenvalue weighted by atomic mass is 35.5. The molecule has 11 nitrogen and oxygen atoms in total. The number of halogens is 1. The number of hydrogen-bond donors (Lipinski definition) is 2. The Balaban J connectivity index is 1.07. The number of rotatable bonds is 12. The van der Waals surface area contributed by atoms with E-state index in [0.717, 1.165) is 61.2 Å². The lowest BCUT2D eigenvalue weighted by Crippen LogP contribution is -2.46. The van der Waals surface area contributed by atoms with E-state index < -0.39 is 31.4 Å². The van der Waals surface area contributed by atoms with Crippen LogP contribution in [0.4, 0.5) is 17.1 Å². The van der Waals surface area contributed by atoms with E-state index in [-0.39, 0.29) is 17.8 Å². The maximum Gasteiger partial charge on any atom is 0.293 e. The van der Waals surface area contributed by atoms with Gasteiger partial charge in [0, 0.05) is 61.6 Å². The van der Waals surface area contributed by atoms with Crippen LogP contribution in [0.2, 0.25) is 5.02 Å². The van der Waals surface area contributed by atoms with E-state index in [2.05, 4.69) is 38.0 Å². The van der Waals surface area contributed by atoms with E-state index >= 15 is 0 Å². The maximum absolute atomic E-state index is 13.8. The van der Waals surface area contributed by atoms with E-state index in [1.54, 1.807) is 12.1 Å². The van der Waals surface area contributed by atoms with Crippen LogP contribution in [-0.4, -0.2) is 63.5 Å². The molecule has 0 aromatic heterocycles. The second-order valence-electron chi connectivity index (χ2n) is 13.2. The highest BCUT2D eigenvalue weighted by Gasteiger charge is 2.26. The second-order valence-corrected chi connectivity index (χ2v) is 15.3. The molecule has 2 aliphatic rings. The van der Waals surface area contributed by atoms with Crippen LogP contribution in [0.15, 0.2) is 144 Å². The van der Waals surface area contributed by atoms with E-state index in [4.69, 9.17) is 16.3 Å². The Hall–Kier alpha value is -5.95. The third-order valence-electron chi connectivity index (χ3n) is 9.64. The molecule has 5 aromatic carbocycles. The smallest absolute Gasteiger partial charge is 0.293 e. The number of sulfonamides is 1. The van der Waals surface area contributed by atoms with Gasteiger partial charge in [-0.15, -0.1) is 0 Å². The molecule has 2 aliphatic heterocycles. The minimum absolute atomic E-state index is 0.140. The zero-order valence-electron chi connectivity index (χ0n) is 29.7. The SMILES string of the molecule is O=C(NS(=O)(=O)c1ccc(NCC2=CCOC=C2)c([N+](=O)[O-])c1)c1ccc(N2CCN(Cc3ccccc3-c3ccc(Cl)cc3)CC2)cc1-c1ccccc1. The van der Waals surface area contributed by atoms with Crippen LogP contribution >= 0.6 is 11.6 Å². The summed E-state index contributed by atoms with van der Waals surface area (Å²) in [5.74, 6) is -0.849. The van der Waals surface area contributed by atoms with E-state index in [9.17, 15) is 23.3 Å². The lowest BCUT2D eigenvalue weighted by Gasteiger charge is -2.36. The number of anilines is 2. The Morgan fingerprint density at radius 2 is 1.56 bits per heavy atom. The first-order valence-electron chi connectivity index (χ1n) is 17.7. The summed E-state index contributed by atoms with van der Waals surface area (Å²) < 4.78 is 34.3. The third kappa shape index (κ3) is 8.89. The van der Waals surface area contributed by atoms with Crippen LogP contribution < -0.4 is 14.9 Å². The van der Waals surface area contributed by atoms with Crippen molar-refractivity contribution in [3.63, 3.8) is 0 Å². The Kier molecular flexibility index (Phi) is 11.3. The van der Waals surface area contributed by atoms with Gasteiger partial charge in [0.2, 0.25) is 0 Å². The molecule has 1 amide bonds. The molecule has 0 saturated carbocycles. The predicted molar refractivity (Wildman–Crippen MR) is 216 cm³/mol. The van der Waals surface area contributed by atoms with E-state index in [0.29, 0.717) is 17.2 Å². The van der Waals surface area contributed by atoms with Gasteiger partial charge in [-0.3, -0.25) is 19.8 Å². The number of amides is 1. The number of carbonyl (C=O) groups is 1. The molecule has 0 atom stereocenters. The van der Waals surface area contributed by atoms with Crippen molar-refractivity contribution in [3.8, 4) is 22.3 Å². The van der Waals surface area contributed by atoms with Crippen molar-refractivity contribution in [2.24, 2.45) is 0 Å². The van der Waals surface area contributed by atoms with Crippen molar-refractivity contribution >= 4 is 44.6 Å². The van der Waals surface area contributed by atoms with Gasteiger partial charge in [-0.2, -0.15) is 0 Å². The highest BCUT2D eigenvalue weighted by molar-refractivity contribution is 7.90. The molecule has 0 aliphatic carbocycles. The number of ether oxygens (including phenoxy) is 1. The molecule has 2 heterocycles. The lowest BCUT2D eigenvalue weighted by molar-refractivity contribution is -0.384. The number of carbonyl (C=O) groups excluding carboxylic acids is 1. The summed E-state index contributed by atoms with van der Waals surface area (Å²) in [5, 5.41) is 15.6. The van der Waals surface area contributed by atoms with Gasteiger partial charge in [0.25, 0.3) is 21.6 Å². The number of piperazine rings is 1. The zero-order valence-corrected chi connectivity index (χ0v) is 31.3. The number of nitrogens with zero attached hydrogens (tertiary/aromatic N) is 3. The first kappa shape index (κ1) is 37.4. The normalized spacial score (nSPS) is 14.5. The number of nitro benzene ring substituents is 1. The first-order chi connectivity index (χ1) is 26.6. The minimum atomic E-state index is -4.49. The monoisotopic (exact) mass is 775 g/mol. The van der Waals surface area contributed by atoms with Crippen molar-refractivity contribution in [2.45, 2.75) is 11.4 Å². The summed E-state index contributed by atoms with van der Waals surface area (Å²) in [7, 11) is -4.49. The molecular weight excluding hydrogens is 738 g/mol. The van der Waals surface area contributed by atoms with Gasteiger partial charge in [0.1, 0.15) is 12.3 Å². The predicted octanol–water partition coefficient (Wildman–Crippen LogP) is 7.91. The zero-order chi connectivity index (χ0) is 38.4.